The number of hydrogen-bond donors (Lipinski definition) is 1. The lowest BCUT2D eigenvalue weighted by Gasteiger charge is -2.25. The number of carbonyl (C=O) groups excluding carboxylic acids is 2. The van der Waals surface area contributed by atoms with Gasteiger partial charge in [-0.05, 0) is 50.3 Å². The van der Waals surface area contributed by atoms with E-state index in [-0.39, 0.29) is 11.3 Å². The fourth-order valence-electron chi connectivity index (χ4n) is 3.78. The molecule has 7 nitrogen and oxygen atoms in total. The number of aliphatic hydroxyl groups excluding tert-OH is 1. The monoisotopic (exact) mass is 412 g/mol. The third-order valence-corrected chi connectivity index (χ3v) is 5.46. The Morgan fingerprint density at radius 1 is 1.20 bits per heavy atom. The number of likely N-dealkylation sites (tertiary alicyclic amines) is 1. The maximum atomic E-state index is 12.9. The Labute approximate surface area is 176 Å². The van der Waals surface area contributed by atoms with Crippen molar-refractivity contribution < 1.29 is 23.8 Å². The van der Waals surface area contributed by atoms with Crippen LogP contribution in [0.25, 0.3) is 5.76 Å². The number of nitrogens with zero attached hydrogens (tertiary/aromatic N) is 2. The highest BCUT2D eigenvalue weighted by molar-refractivity contribution is 6.46. The van der Waals surface area contributed by atoms with Crippen LogP contribution in [-0.4, -0.2) is 59.9 Å². The highest BCUT2D eigenvalue weighted by atomic mass is 16.5. The molecule has 1 fully saturated rings. The van der Waals surface area contributed by atoms with Crippen LogP contribution in [-0.2, 0) is 9.59 Å². The number of rotatable bonds is 9. The maximum Gasteiger partial charge on any atom is 0.295 e. The first-order chi connectivity index (χ1) is 14.5. The van der Waals surface area contributed by atoms with Crippen LogP contribution in [0, 0.1) is 0 Å². The fourth-order valence-corrected chi connectivity index (χ4v) is 3.78. The molecule has 1 aliphatic rings. The SMILES string of the molecule is CCN(CC)CCCN1C(=O)C(=O)C(=C(O)c2cccc(OC)c2)[C@@H]1c1ccco1. The van der Waals surface area contributed by atoms with Gasteiger partial charge in [-0.15, -0.1) is 0 Å². The first kappa shape index (κ1) is 21.6. The number of furan rings is 1. The summed E-state index contributed by atoms with van der Waals surface area (Å²) in [6.45, 7) is 7.23. The molecule has 1 aromatic heterocycles. The summed E-state index contributed by atoms with van der Waals surface area (Å²) < 4.78 is 10.8. The minimum Gasteiger partial charge on any atom is -0.507 e. The second kappa shape index (κ2) is 9.63. The molecule has 160 valence electrons. The van der Waals surface area contributed by atoms with E-state index in [1.165, 1.54) is 18.3 Å². The normalized spacial score (nSPS) is 18.4. The molecule has 1 aliphatic heterocycles. The Bertz CT molecular complexity index is 915. The average Bonchev–Trinajstić information content (AvgIpc) is 3.38. The molecule has 1 saturated heterocycles. The zero-order valence-corrected chi connectivity index (χ0v) is 17.6. The number of Topliss-reactive ketones (excluding diaryl/α,β-unsaturated/α-hetero) is 1. The van der Waals surface area contributed by atoms with E-state index in [1.807, 2.05) is 0 Å². The molecule has 0 bridgehead atoms. The van der Waals surface area contributed by atoms with Crippen molar-refractivity contribution in [2.24, 2.45) is 0 Å². The van der Waals surface area contributed by atoms with Gasteiger partial charge in [-0.1, -0.05) is 26.0 Å². The summed E-state index contributed by atoms with van der Waals surface area (Å²) in [7, 11) is 1.52. The minimum atomic E-state index is -0.761. The molecule has 0 aliphatic carbocycles. The van der Waals surface area contributed by atoms with Gasteiger partial charge in [-0.3, -0.25) is 9.59 Å². The van der Waals surface area contributed by atoms with Gasteiger partial charge in [0, 0.05) is 12.1 Å². The summed E-state index contributed by atoms with van der Waals surface area (Å²) in [5.74, 6) is -0.580. The van der Waals surface area contributed by atoms with Crippen molar-refractivity contribution in [3.8, 4) is 5.75 Å². The minimum absolute atomic E-state index is 0.0334. The van der Waals surface area contributed by atoms with Gasteiger partial charge >= 0.3 is 0 Å². The number of ether oxygens (including phenoxy) is 1. The predicted molar refractivity (Wildman–Crippen MR) is 113 cm³/mol. The number of amides is 1. The summed E-state index contributed by atoms with van der Waals surface area (Å²) in [6, 6.07) is 9.42. The second-order valence-electron chi connectivity index (χ2n) is 7.12. The van der Waals surface area contributed by atoms with Gasteiger partial charge in [0.2, 0.25) is 0 Å². The van der Waals surface area contributed by atoms with Crippen molar-refractivity contribution in [1.29, 1.82) is 0 Å². The van der Waals surface area contributed by atoms with Crippen molar-refractivity contribution in [1.82, 2.24) is 9.80 Å². The average molecular weight is 412 g/mol. The van der Waals surface area contributed by atoms with Crippen molar-refractivity contribution in [2.45, 2.75) is 26.3 Å². The van der Waals surface area contributed by atoms with Crippen molar-refractivity contribution >= 4 is 17.4 Å². The zero-order chi connectivity index (χ0) is 21.7. The number of benzene rings is 1. The number of hydrogen-bond acceptors (Lipinski definition) is 6. The Morgan fingerprint density at radius 3 is 2.60 bits per heavy atom. The Kier molecular flexibility index (Phi) is 6.95. The van der Waals surface area contributed by atoms with Crippen LogP contribution in [0.5, 0.6) is 5.75 Å². The smallest absolute Gasteiger partial charge is 0.295 e. The molecular weight excluding hydrogens is 384 g/mol. The van der Waals surface area contributed by atoms with Crippen LogP contribution < -0.4 is 4.74 Å². The van der Waals surface area contributed by atoms with Gasteiger partial charge in [0.1, 0.15) is 23.3 Å². The van der Waals surface area contributed by atoms with E-state index in [4.69, 9.17) is 9.15 Å². The third-order valence-electron chi connectivity index (χ3n) is 5.46. The Balaban J connectivity index is 1.97. The van der Waals surface area contributed by atoms with E-state index in [0.717, 1.165) is 19.6 Å². The topological polar surface area (TPSA) is 83.2 Å². The quantitative estimate of drug-likeness (QED) is 0.386. The molecule has 0 radical (unpaired) electrons. The number of ketones is 1. The molecule has 1 N–H and O–H groups in total. The summed E-state index contributed by atoms with van der Waals surface area (Å²) in [5.41, 5.74) is 0.443. The fraction of sp³-hybridized carbons (Fsp3) is 0.391. The standard InChI is InChI=1S/C23H28N2O5/c1-4-24(5-2)12-8-13-25-20(18-11-7-14-30-18)19(22(27)23(25)28)21(26)16-9-6-10-17(15-16)29-3/h6-7,9-11,14-15,20,26H,4-5,8,12-13H2,1-3H3/t20-/m0/s1. The lowest BCUT2D eigenvalue weighted by atomic mass is 9.99. The highest BCUT2D eigenvalue weighted by Crippen LogP contribution is 2.39. The molecule has 30 heavy (non-hydrogen) atoms. The Hall–Kier alpha value is -3.06. The predicted octanol–water partition coefficient (Wildman–Crippen LogP) is 3.44. The van der Waals surface area contributed by atoms with Gasteiger partial charge in [0.05, 0.1) is 18.9 Å². The molecule has 2 heterocycles. The number of carbonyl (C=O) groups is 2. The van der Waals surface area contributed by atoms with E-state index in [1.54, 1.807) is 36.4 Å². The molecule has 0 saturated carbocycles. The van der Waals surface area contributed by atoms with Crippen LogP contribution in [0.4, 0.5) is 0 Å². The summed E-state index contributed by atoms with van der Waals surface area (Å²) in [5, 5.41) is 11.0. The first-order valence-corrected chi connectivity index (χ1v) is 10.2. The lowest BCUT2D eigenvalue weighted by Crippen LogP contribution is -2.33. The third kappa shape index (κ3) is 4.26. The second-order valence-corrected chi connectivity index (χ2v) is 7.12. The maximum absolute atomic E-state index is 12.9. The summed E-state index contributed by atoms with van der Waals surface area (Å²) >= 11 is 0. The van der Waals surface area contributed by atoms with Crippen LogP contribution in [0.2, 0.25) is 0 Å². The molecular formula is C23H28N2O5. The van der Waals surface area contributed by atoms with Crippen LogP contribution in [0.15, 0.2) is 52.7 Å². The van der Waals surface area contributed by atoms with Crippen molar-refractivity contribution in [3.63, 3.8) is 0 Å². The number of methoxy groups -OCH3 is 1. The van der Waals surface area contributed by atoms with Gasteiger partial charge in [-0.25, -0.2) is 0 Å². The lowest BCUT2D eigenvalue weighted by molar-refractivity contribution is -0.140. The van der Waals surface area contributed by atoms with Gasteiger partial charge in [-0.2, -0.15) is 0 Å². The van der Waals surface area contributed by atoms with Crippen LogP contribution in [0.3, 0.4) is 0 Å². The molecule has 2 aromatic rings. The first-order valence-electron chi connectivity index (χ1n) is 10.2. The molecule has 1 aromatic carbocycles. The summed E-state index contributed by atoms with van der Waals surface area (Å²) in [4.78, 5) is 29.5. The molecule has 0 spiro atoms. The van der Waals surface area contributed by atoms with Crippen molar-refractivity contribution in [3.05, 3.63) is 59.6 Å². The van der Waals surface area contributed by atoms with E-state index >= 15 is 0 Å². The van der Waals surface area contributed by atoms with E-state index in [9.17, 15) is 14.7 Å². The molecule has 3 rings (SSSR count). The van der Waals surface area contributed by atoms with Gasteiger partial charge < -0.3 is 24.1 Å². The molecule has 0 unspecified atom stereocenters. The van der Waals surface area contributed by atoms with E-state index < -0.39 is 17.7 Å². The highest BCUT2D eigenvalue weighted by Gasteiger charge is 2.47. The largest absolute Gasteiger partial charge is 0.507 e. The van der Waals surface area contributed by atoms with Gasteiger partial charge in [0.15, 0.2) is 0 Å². The van der Waals surface area contributed by atoms with Gasteiger partial charge in [0.25, 0.3) is 11.7 Å². The van der Waals surface area contributed by atoms with E-state index in [2.05, 4.69) is 18.7 Å². The molecule has 1 atom stereocenters. The summed E-state index contributed by atoms with van der Waals surface area (Å²) in [6.07, 6.45) is 2.21. The van der Waals surface area contributed by atoms with Crippen molar-refractivity contribution in [2.75, 3.05) is 33.3 Å². The van der Waals surface area contributed by atoms with E-state index in [0.29, 0.717) is 30.0 Å². The van der Waals surface area contributed by atoms with Crippen LogP contribution in [0.1, 0.15) is 37.6 Å². The van der Waals surface area contributed by atoms with Crippen LogP contribution >= 0.6 is 0 Å². The molecule has 7 heteroatoms. The zero-order valence-electron chi connectivity index (χ0n) is 17.6. The number of aliphatic hydroxyl groups is 1. The Morgan fingerprint density at radius 2 is 1.97 bits per heavy atom. The molecule has 1 amide bonds.